The summed E-state index contributed by atoms with van der Waals surface area (Å²) >= 11 is 2.36. The fourth-order valence-corrected chi connectivity index (χ4v) is 2.40. The van der Waals surface area contributed by atoms with E-state index in [0.717, 1.165) is 18.9 Å². The van der Waals surface area contributed by atoms with Gasteiger partial charge in [-0.1, -0.05) is 39.8 Å². The van der Waals surface area contributed by atoms with Gasteiger partial charge in [0.2, 0.25) is 0 Å². The van der Waals surface area contributed by atoms with E-state index in [-0.39, 0.29) is 0 Å². The van der Waals surface area contributed by atoms with Crippen molar-refractivity contribution in [3.05, 3.63) is 33.4 Å². The minimum absolute atomic E-state index is 0.583. The van der Waals surface area contributed by atoms with Gasteiger partial charge in [0.05, 0.1) is 0 Å². The van der Waals surface area contributed by atoms with Crippen molar-refractivity contribution >= 4 is 22.6 Å². The molecule has 0 radical (unpaired) electrons. The quantitative estimate of drug-likeness (QED) is 0.766. The van der Waals surface area contributed by atoms with Gasteiger partial charge in [-0.3, -0.25) is 0 Å². The van der Waals surface area contributed by atoms with E-state index in [1.54, 1.807) is 0 Å². The average Bonchev–Trinajstić information content (AvgIpc) is 2.30. The van der Waals surface area contributed by atoms with Crippen LogP contribution in [-0.2, 0) is 6.42 Å². The molecule has 0 aliphatic rings. The van der Waals surface area contributed by atoms with Crippen LogP contribution in [0.15, 0.2) is 24.3 Å². The highest BCUT2D eigenvalue weighted by molar-refractivity contribution is 14.1. The van der Waals surface area contributed by atoms with Gasteiger partial charge in [0.25, 0.3) is 0 Å². The molecule has 0 amide bonds. The van der Waals surface area contributed by atoms with E-state index in [0.29, 0.717) is 12.0 Å². The molecule has 0 aliphatic heterocycles. The predicted molar refractivity (Wildman–Crippen MR) is 84.3 cm³/mol. The van der Waals surface area contributed by atoms with Gasteiger partial charge in [0.1, 0.15) is 0 Å². The molecular weight excluding hydrogens is 321 g/mol. The first-order valence-corrected chi connectivity index (χ1v) is 7.60. The minimum Gasteiger partial charge on any atom is -0.314 e. The molecule has 0 spiro atoms. The molecule has 0 saturated heterocycles. The molecule has 0 heterocycles. The highest BCUT2D eigenvalue weighted by Gasteiger charge is 2.19. The molecule has 17 heavy (non-hydrogen) atoms. The molecule has 1 aromatic rings. The van der Waals surface area contributed by atoms with Crippen LogP contribution in [0.1, 0.15) is 33.3 Å². The summed E-state index contributed by atoms with van der Waals surface area (Å²) in [5.41, 5.74) is 1.43. The zero-order valence-electron chi connectivity index (χ0n) is 11.3. The van der Waals surface area contributed by atoms with Crippen molar-refractivity contribution in [3.8, 4) is 0 Å². The van der Waals surface area contributed by atoms with Crippen molar-refractivity contribution in [2.24, 2.45) is 11.8 Å². The summed E-state index contributed by atoms with van der Waals surface area (Å²) in [6.45, 7) is 10.2. The lowest BCUT2D eigenvalue weighted by molar-refractivity contribution is 0.300. The van der Waals surface area contributed by atoms with Crippen molar-refractivity contribution in [2.75, 3.05) is 6.54 Å². The van der Waals surface area contributed by atoms with Crippen LogP contribution in [0, 0.1) is 15.4 Å². The molecule has 0 aromatic heterocycles. The second kappa shape index (κ2) is 7.37. The van der Waals surface area contributed by atoms with Crippen LogP contribution in [0.4, 0.5) is 0 Å². The van der Waals surface area contributed by atoms with Crippen LogP contribution in [-0.4, -0.2) is 12.6 Å². The second-order valence-corrected chi connectivity index (χ2v) is 6.34. The Morgan fingerprint density at radius 1 is 1.12 bits per heavy atom. The highest BCUT2D eigenvalue weighted by Crippen LogP contribution is 2.19. The van der Waals surface area contributed by atoms with Crippen LogP contribution in [0.2, 0.25) is 0 Å². The first kappa shape index (κ1) is 15.0. The van der Waals surface area contributed by atoms with E-state index in [1.807, 2.05) is 0 Å². The summed E-state index contributed by atoms with van der Waals surface area (Å²) in [4.78, 5) is 0. The van der Waals surface area contributed by atoms with Gasteiger partial charge in [-0.25, -0.2) is 0 Å². The van der Waals surface area contributed by atoms with Gasteiger partial charge in [-0.05, 0) is 65.1 Å². The van der Waals surface area contributed by atoms with Crippen molar-refractivity contribution < 1.29 is 0 Å². The first-order chi connectivity index (χ1) is 8.04. The molecule has 2 unspecified atom stereocenters. The maximum Gasteiger partial charge on any atom is 0.0135 e. The van der Waals surface area contributed by atoms with Crippen molar-refractivity contribution in [3.63, 3.8) is 0 Å². The predicted octanol–water partition coefficient (Wildman–Crippen LogP) is 4.10. The molecule has 0 bridgehead atoms. The third-order valence-electron chi connectivity index (χ3n) is 3.52. The molecule has 96 valence electrons. The number of likely N-dealkylation sites (N-methyl/N-ethyl adjacent to an activating group) is 1. The van der Waals surface area contributed by atoms with Crippen LogP contribution in [0.25, 0.3) is 0 Å². The van der Waals surface area contributed by atoms with E-state index >= 15 is 0 Å². The van der Waals surface area contributed by atoms with Gasteiger partial charge in [-0.2, -0.15) is 0 Å². The molecular formula is C15H24IN. The van der Waals surface area contributed by atoms with Crippen molar-refractivity contribution in [1.29, 1.82) is 0 Å². The third kappa shape index (κ3) is 4.96. The summed E-state index contributed by atoms with van der Waals surface area (Å²) in [5.74, 6) is 1.43. The lowest BCUT2D eigenvalue weighted by Crippen LogP contribution is -2.38. The monoisotopic (exact) mass is 345 g/mol. The number of rotatable bonds is 6. The Morgan fingerprint density at radius 3 is 2.18 bits per heavy atom. The number of hydrogen-bond donors (Lipinski definition) is 1. The molecule has 2 heteroatoms. The fourth-order valence-electron chi connectivity index (χ4n) is 2.05. The normalized spacial score (nSPS) is 14.9. The Hall–Kier alpha value is -0.0900. The molecule has 0 aliphatic carbocycles. The van der Waals surface area contributed by atoms with Gasteiger partial charge < -0.3 is 5.32 Å². The first-order valence-electron chi connectivity index (χ1n) is 6.52. The fraction of sp³-hybridized carbons (Fsp3) is 0.600. The number of benzene rings is 1. The lowest BCUT2D eigenvalue weighted by atomic mass is 9.86. The second-order valence-electron chi connectivity index (χ2n) is 5.10. The SMILES string of the molecule is CCNC(Cc1ccc(I)cc1)C(C)C(C)C. The Kier molecular flexibility index (Phi) is 6.49. The summed E-state index contributed by atoms with van der Waals surface area (Å²) in [5, 5.41) is 3.62. The van der Waals surface area contributed by atoms with Gasteiger partial charge in [0.15, 0.2) is 0 Å². The van der Waals surface area contributed by atoms with E-state index in [9.17, 15) is 0 Å². The van der Waals surface area contributed by atoms with Crippen molar-refractivity contribution in [1.82, 2.24) is 5.32 Å². The summed E-state index contributed by atoms with van der Waals surface area (Å²) < 4.78 is 1.31. The largest absolute Gasteiger partial charge is 0.314 e. The summed E-state index contributed by atoms with van der Waals surface area (Å²) in [7, 11) is 0. The highest BCUT2D eigenvalue weighted by atomic mass is 127. The van der Waals surface area contributed by atoms with Crippen LogP contribution < -0.4 is 5.32 Å². The van der Waals surface area contributed by atoms with E-state index in [1.165, 1.54) is 9.13 Å². The molecule has 1 N–H and O–H groups in total. The number of hydrogen-bond acceptors (Lipinski definition) is 1. The molecule has 0 fully saturated rings. The Balaban J connectivity index is 2.69. The van der Waals surface area contributed by atoms with Gasteiger partial charge in [0, 0.05) is 9.61 Å². The van der Waals surface area contributed by atoms with E-state index < -0.39 is 0 Å². The molecule has 1 nitrogen and oxygen atoms in total. The standard InChI is InChI=1S/C15H24IN/c1-5-17-15(12(4)11(2)3)10-13-6-8-14(16)9-7-13/h6-9,11-12,15,17H,5,10H2,1-4H3. The molecule has 1 rings (SSSR count). The Morgan fingerprint density at radius 2 is 1.71 bits per heavy atom. The number of halogens is 1. The topological polar surface area (TPSA) is 12.0 Å². The van der Waals surface area contributed by atoms with E-state index in [4.69, 9.17) is 0 Å². The zero-order chi connectivity index (χ0) is 12.8. The van der Waals surface area contributed by atoms with Crippen LogP contribution >= 0.6 is 22.6 Å². The summed E-state index contributed by atoms with van der Waals surface area (Å²) in [6, 6.07) is 9.47. The Labute approximate surface area is 120 Å². The maximum atomic E-state index is 3.62. The summed E-state index contributed by atoms with van der Waals surface area (Å²) in [6.07, 6.45) is 1.13. The van der Waals surface area contributed by atoms with Crippen molar-refractivity contribution in [2.45, 2.75) is 40.2 Å². The third-order valence-corrected chi connectivity index (χ3v) is 4.24. The Bertz CT molecular complexity index is 318. The lowest BCUT2D eigenvalue weighted by Gasteiger charge is -2.28. The van der Waals surface area contributed by atoms with Crippen LogP contribution in [0.5, 0.6) is 0 Å². The average molecular weight is 345 g/mol. The zero-order valence-corrected chi connectivity index (χ0v) is 13.5. The number of nitrogens with one attached hydrogen (secondary N) is 1. The van der Waals surface area contributed by atoms with E-state index in [2.05, 4.69) is 79.9 Å². The maximum absolute atomic E-state index is 3.62. The van der Waals surface area contributed by atoms with Crippen LogP contribution in [0.3, 0.4) is 0 Å². The van der Waals surface area contributed by atoms with Gasteiger partial charge >= 0.3 is 0 Å². The minimum atomic E-state index is 0.583. The molecule has 1 aromatic carbocycles. The smallest absolute Gasteiger partial charge is 0.0135 e. The van der Waals surface area contributed by atoms with Gasteiger partial charge in [-0.15, -0.1) is 0 Å². The molecule has 2 atom stereocenters. The molecule has 0 saturated carbocycles.